The van der Waals surface area contributed by atoms with E-state index in [1.807, 2.05) is 0 Å². The first-order valence-electron chi connectivity index (χ1n) is 9.02. The minimum absolute atomic E-state index is 0.206. The third-order valence-corrected chi connectivity index (χ3v) is 4.10. The van der Waals surface area contributed by atoms with Gasteiger partial charge in [0.05, 0.1) is 19.3 Å². The van der Waals surface area contributed by atoms with Crippen LogP contribution in [0.2, 0.25) is 0 Å². The molecule has 0 fully saturated rings. The molecule has 1 heterocycles. The molecule has 0 aliphatic carbocycles. The molecule has 1 atom stereocenters. The topological polar surface area (TPSA) is 84.2 Å². The van der Waals surface area contributed by atoms with Crippen molar-refractivity contribution in [1.29, 1.82) is 5.26 Å². The molecule has 1 N–H and O–H groups in total. The zero-order valence-corrected chi connectivity index (χ0v) is 16.5. The van der Waals surface area contributed by atoms with Gasteiger partial charge in [0.15, 0.2) is 11.6 Å². The second-order valence-corrected chi connectivity index (χ2v) is 7.01. The van der Waals surface area contributed by atoms with E-state index in [4.69, 9.17) is 4.74 Å². The van der Waals surface area contributed by atoms with E-state index in [9.17, 15) is 14.4 Å². The van der Waals surface area contributed by atoms with Crippen molar-refractivity contribution < 1.29 is 18.7 Å². The van der Waals surface area contributed by atoms with Gasteiger partial charge in [0.2, 0.25) is 0 Å². The van der Waals surface area contributed by atoms with E-state index in [0.29, 0.717) is 35.3 Å². The van der Waals surface area contributed by atoms with Crippen LogP contribution in [0, 0.1) is 29.0 Å². The molecular weight excluding hydrogens is 361 g/mol. The highest BCUT2D eigenvalue weighted by Gasteiger charge is 2.16. The number of hydrogen-bond donors (Lipinski definition) is 1. The minimum atomic E-state index is -0.819. The van der Waals surface area contributed by atoms with Gasteiger partial charge in [-0.1, -0.05) is 26.8 Å². The fourth-order valence-corrected chi connectivity index (χ4v) is 2.92. The largest absolute Gasteiger partial charge is 0.492 e. The van der Waals surface area contributed by atoms with Crippen LogP contribution in [0.25, 0.3) is 11.1 Å². The number of rotatable bonds is 7. The predicted molar refractivity (Wildman–Crippen MR) is 104 cm³/mol. The van der Waals surface area contributed by atoms with Gasteiger partial charge < -0.3 is 9.47 Å². The van der Waals surface area contributed by atoms with Gasteiger partial charge >= 0.3 is 6.09 Å². The number of carbonyl (C=O) groups excluding carboxylic acids is 1. The number of carbonyl (C=O) groups is 1. The summed E-state index contributed by atoms with van der Waals surface area (Å²) in [5, 5.41) is 11.7. The van der Waals surface area contributed by atoms with E-state index in [-0.39, 0.29) is 11.4 Å². The molecule has 1 aromatic carbocycles. The molecule has 2 aromatic rings. The molecule has 148 valence electrons. The maximum Gasteiger partial charge on any atom is 0.412 e. The van der Waals surface area contributed by atoms with Gasteiger partial charge in [-0.05, 0) is 42.0 Å². The number of aromatic nitrogens is 1. The first kappa shape index (κ1) is 21.2. The smallest absolute Gasteiger partial charge is 0.412 e. The van der Waals surface area contributed by atoms with Crippen LogP contribution >= 0.6 is 0 Å². The van der Waals surface area contributed by atoms with Crippen molar-refractivity contribution in [2.75, 3.05) is 19.0 Å². The highest BCUT2D eigenvalue weighted by molar-refractivity contribution is 5.84. The van der Waals surface area contributed by atoms with Gasteiger partial charge in [-0.15, -0.1) is 0 Å². The Bertz CT molecular complexity index is 878. The fraction of sp³-hybridized carbons (Fsp3) is 0.381. The van der Waals surface area contributed by atoms with E-state index in [2.05, 4.69) is 41.9 Å². The Morgan fingerprint density at radius 3 is 2.71 bits per heavy atom. The predicted octanol–water partition coefficient (Wildman–Crippen LogP) is 5.00. The summed E-state index contributed by atoms with van der Waals surface area (Å²) in [5.74, 6) is 0.431. The molecule has 28 heavy (non-hydrogen) atoms. The Balaban J connectivity index is 2.25. The summed E-state index contributed by atoms with van der Waals surface area (Å²) in [6.07, 6.45) is 1.58. The summed E-state index contributed by atoms with van der Waals surface area (Å²) >= 11 is 0. The van der Waals surface area contributed by atoms with Crippen LogP contribution in [-0.2, 0) is 4.74 Å². The molecule has 7 heteroatoms. The van der Waals surface area contributed by atoms with Crippen LogP contribution in [0.1, 0.15) is 32.8 Å². The molecule has 0 saturated heterocycles. The van der Waals surface area contributed by atoms with Gasteiger partial charge in [0.25, 0.3) is 0 Å². The standard InChI is InChI=1S/C21H24FN3O3/c1-13(2)9-14(3)12-28-18-6-5-15(10-16(18)11-23)17-7-8-24-20(19(17)22)25-21(26)27-4/h5-8,10,13-14H,9,12H2,1-4H3,(H,24,25,26)/t14-/m1/s1. The van der Waals surface area contributed by atoms with Crippen molar-refractivity contribution in [1.82, 2.24) is 4.98 Å². The van der Waals surface area contributed by atoms with E-state index in [1.54, 1.807) is 18.2 Å². The van der Waals surface area contributed by atoms with E-state index >= 15 is 0 Å². The van der Waals surface area contributed by atoms with Gasteiger partial charge in [0.1, 0.15) is 11.8 Å². The third-order valence-electron chi connectivity index (χ3n) is 4.10. The normalized spacial score (nSPS) is 11.6. The quantitative estimate of drug-likeness (QED) is 0.725. The number of amides is 1. The Morgan fingerprint density at radius 2 is 2.07 bits per heavy atom. The number of methoxy groups -OCH3 is 1. The lowest BCUT2D eigenvalue weighted by Gasteiger charge is -2.16. The molecule has 6 nitrogen and oxygen atoms in total. The SMILES string of the molecule is COC(=O)Nc1nccc(-c2ccc(OC[C@H](C)CC(C)C)c(C#N)c2)c1F. The first-order chi connectivity index (χ1) is 13.3. The van der Waals surface area contributed by atoms with Crippen molar-refractivity contribution in [3.63, 3.8) is 0 Å². The highest BCUT2D eigenvalue weighted by Crippen LogP contribution is 2.30. The Hall–Kier alpha value is -3.14. The molecular formula is C21H24FN3O3. The van der Waals surface area contributed by atoms with Crippen molar-refractivity contribution in [3.8, 4) is 22.9 Å². The summed E-state index contributed by atoms with van der Waals surface area (Å²) in [7, 11) is 1.18. The van der Waals surface area contributed by atoms with Crippen LogP contribution in [0.15, 0.2) is 30.5 Å². The first-order valence-corrected chi connectivity index (χ1v) is 9.02. The second kappa shape index (κ2) is 9.70. The van der Waals surface area contributed by atoms with Crippen molar-refractivity contribution in [2.24, 2.45) is 11.8 Å². The number of pyridine rings is 1. The average molecular weight is 385 g/mol. The summed E-state index contributed by atoms with van der Waals surface area (Å²) in [5.41, 5.74) is 0.998. The van der Waals surface area contributed by atoms with Gasteiger partial charge in [-0.25, -0.2) is 14.2 Å². The number of nitrogens with zero attached hydrogens (tertiary/aromatic N) is 2. The third kappa shape index (κ3) is 5.43. The fourth-order valence-electron chi connectivity index (χ4n) is 2.92. The van der Waals surface area contributed by atoms with Gasteiger partial charge in [-0.3, -0.25) is 5.32 Å². The lowest BCUT2D eigenvalue weighted by Crippen LogP contribution is -2.13. The molecule has 0 unspecified atom stereocenters. The molecule has 1 amide bonds. The van der Waals surface area contributed by atoms with Crippen LogP contribution in [0.5, 0.6) is 5.75 Å². The summed E-state index contributed by atoms with van der Waals surface area (Å²) in [6, 6.07) is 8.45. The number of anilines is 1. The Labute approximate surface area is 164 Å². The van der Waals surface area contributed by atoms with Gasteiger partial charge in [-0.2, -0.15) is 5.26 Å². The van der Waals surface area contributed by atoms with Gasteiger partial charge in [0, 0.05) is 11.8 Å². The van der Waals surface area contributed by atoms with Crippen LogP contribution in [0.3, 0.4) is 0 Å². The second-order valence-electron chi connectivity index (χ2n) is 7.01. The van der Waals surface area contributed by atoms with Crippen molar-refractivity contribution in [3.05, 3.63) is 41.8 Å². The zero-order valence-electron chi connectivity index (χ0n) is 16.5. The molecule has 0 aliphatic heterocycles. The van der Waals surface area contributed by atoms with Crippen molar-refractivity contribution >= 4 is 11.9 Å². The number of benzene rings is 1. The molecule has 1 aromatic heterocycles. The minimum Gasteiger partial charge on any atom is -0.492 e. The van der Waals surface area contributed by atoms with Crippen LogP contribution in [0.4, 0.5) is 15.0 Å². The van der Waals surface area contributed by atoms with E-state index in [1.165, 1.54) is 19.4 Å². The molecule has 0 aliphatic rings. The molecule has 0 saturated carbocycles. The maximum absolute atomic E-state index is 14.7. The average Bonchev–Trinajstić information content (AvgIpc) is 2.67. The summed E-state index contributed by atoms with van der Waals surface area (Å²) in [4.78, 5) is 15.1. The van der Waals surface area contributed by atoms with Crippen LogP contribution in [-0.4, -0.2) is 24.8 Å². The van der Waals surface area contributed by atoms with Crippen molar-refractivity contribution in [2.45, 2.75) is 27.2 Å². The summed E-state index contributed by atoms with van der Waals surface area (Å²) < 4.78 is 25.0. The molecule has 0 bridgehead atoms. The number of hydrogen-bond acceptors (Lipinski definition) is 5. The maximum atomic E-state index is 14.7. The number of nitrogens with one attached hydrogen (secondary N) is 1. The van der Waals surface area contributed by atoms with E-state index < -0.39 is 11.9 Å². The molecule has 2 rings (SSSR count). The Kier molecular flexibility index (Phi) is 7.33. The number of halogens is 1. The molecule has 0 radical (unpaired) electrons. The van der Waals surface area contributed by atoms with E-state index in [0.717, 1.165) is 6.42 Å². The highest BCUT2D eigenvalue weighted by atomic mass is 19.1. The Morgan fingerprint density at radius 1 is 1.32 bits per heavy atom. The zero-order chi connectivity index (χ0) is 20.7. The monoisotopic (exact) mass is 385 g/mol. The molecule has 0 spiro atoms. The lowest BCUT2D eigenvalue weighted by atomic mass is 10.00. The summed E-state index contributed by atoms with van der Waals surface area (Å²) in [6.45, 7) is 6.91. The number of ether oxygens (including phenoxy) is 2. The van der Waals surface area contributed by atoms with Crippen LogP contribution < -0.4 is 10.1 Å². The number of nitriles is 1. The lowest BCUT2D eigenvalue weighted by molar-refractivity contribution is 0.186.